The zero-order valence-corrected chi connectivity index (χ0v) is 16.7. The van der Waals surface area contributed by atoms with Gasteiger partial charge >= 0.3 is 0 Å². The zero-order chi connectivity index (χ0) is 18.5. The third kappa shape index (κ3) is 2.02. The van der Waals surface area contributed by atoms with Crippen LogP contribution in [0.1, 0.15) is 51.0 Å². The van der Waals surface area contributed by atoms with Crippen molar-refractivity contribution < 1.29 is 13.2 Å². The number of hydrogen-bond donors (Lipinski definition) is 0. The fourth-order valence-electron chi connectivity index (χ4n) is 6.29. The Morgan fingerprint density at radius 2 is 1.88 bits per heavy atom. The monoisotopic (exact) mass is 393 g/mol. The largest absolute Gasteiger partial charge is 0.273 e. The van der Waals surface area contributed by atoms with Crippen molar-refractivity contribution in [1.29, 1.82) is 0 Å². The van der Waals surface area contributed by atoms with Gasteiger partial charge in [-0.3, -0.25) is 4.79 Å². The number of carbonyl (C=O) groups excluding carboxylic acids is 1. The summed E-state index contributed by atoms with van der Waals surface area (Å²) in [6.45, 7) is 4.42. The zero-order valence-electron chi connectivity index (χ0n) is 15.1. The van der Waals surface area contributed by atoms with Crippen molar-refractivity contribution in [3.8, 4) is 0 Å². The minimum atomic E-state index is -3.52. The predicted octanol–water partition coefficient (Wildman–Crippen LogP) is 3.81. The second kappa shape index (κ2) is 5.05. The van der Waals surface area contributed by atoms with E-state index in [1.807, 2.05) is 24.3 Å². The number of amides is 1. The van der Waals surface area contributed by atoms with E-state index in [1.165, 1.54) is 4.31 Å². The lowest BCUT2D eigenvalue weighted by Gasteiger charge is -2.37. The third-order valence-corrected chi connectivity index (χ3v) is 10.2. The Bertz CT molecular complexity index is 894. The Labute approximate surface area is 160 Å². The normalized spacial score (nSPS) is 41.3. The maximum atomic E-state index is 13.2. The van der Waals surface area contributed by atoms with Gasteiger partial charge in [-0.25, -0.2) is 12.7 Å². The van der Waals surface area contributed by atoms with Crippen LogP contribution in [-0.4, -0.2) is 30.4 Å². The van der Waals surface area contributed by atoms with Crippen molar-refractivity contribution in [3.05, 3.63) is 34.9 Å². The molecule has 4 fully saturated rings. The Kier molecular flexibility index (Phi) is 3.31. The first kappa shape index (κ1) is 17.1. The highest BCUT2D eigenvalue weighted by molar-refractivity contribution is 7.90. The Hall–Kier alpha value is -1.07. The molecule has 1 spiro atoms. The minimum absolute atomic E-state index is 0.00109. The summed E-state index contributed by atoms with van der Waals surface area (Å²) in [4.78, 5) is 13.2. The van der Waals surface area contributed by atoms with Crippen molar-refractivity contribution in [2.75, 3.05) is 5.75 Å². The van der Waals surface area contributed by atoms with Gasteiger partial charge in [0.25, 0.3) is 0 Å². The van der Waals surface area contributed by atoms with E-state index in [9.17, 15) is 13.2 Å². The van der Waals surface area contributed by atoms with Gasteiger partial charge in [0, 0.05) is 16.4 Å². The van der Waals surface area contributed by atoms with Crippen molar-refractivity contribution in [3.63, 3.8) is 0 Å². The molecule has 2 bridgehead atoms. The molecule has 1 aliphatic heterocycles. The Morgan fingerprint density at radius 3 is 2.54 bits per heavy atom. The van der Waals surface area contributed by atoms with E-state index in [0.29, 0.717) is 10.9 Å². The fraction of sp³-hybridized carbons (Fsp3) is 0.650. The van der Waals surface area contributed by atoms with E-state index >= 15 is 0 Å². The average molecular weight is 394 g/mol. The molecule has 1 aromatic rings. The summed E-state index contributed by atoms with van der Waals surface area (Å²) in [5.41, 5.74) is 0.836. The van der Waals surface area contributed by atoms with E-state index < -0.39 is 10.0 Å². The molecule has 1 aromatic carbocycles. The molecule has 0 N–H and O–H groups in total. The third-order valence-electron chi connectivity index (χ3n) is 8.03. The molecule has 1 amide bonds. The number of hydrogen-bond acceptors (Lipinski definition) is 3. The maximum absolute atomic E-state index is 13.2. The van der Waals surface area contributed by atoms with Crippen LogP contribution < -0.4 is 0 Å². The molecule has 1 saturated heterocycles. The van der Waals surface area contributed by atoms with Crippen LogP contribution >= 0.6 is 11.6 Å². The quantitative estimate of drug-likeness (QED) is 0.767. The topological polar surface area (TPSA) is 54.5 Å². The highest BCUT2D eigenvalue weighted by atomic mass is 35.5. The summed E-state index contributed by atoms with van der Waals surface area (Å²) in [7, 11) is -3.52. The van der Waals surface area contributed by atoms with Gasteiger partial charge in [0.2, 0.25) is 15.9 Å². The van der Waals surface area contributed by atoms with Gasteiger partial charge in [0.1, 0.15) is 0 Å². The van der Waals surface area contributed by atoms with Crippen LogP contribution in [0, 0.1) is 22.7 Å². The van der Waals surface area contributed by atoms with Crippen LogP contribution in [0.15, 0.2) is 24.3 Å². The van der Waals surface area contributed by atoms with E-state index in [4.69, 9.17) is 11.6 Å². The predicted molar refractivity (Wildman–Crippen MR) is 100 cm³/mol. The van der Waals surface area contributed by atoms with Crippen molar-refractivity contribution in [1.82, 2.24) is 4.31 Å². The van der Waals surface area contributed by atoms with E-state index in [2.05, 4.69) is 13.8 Å². The number of halogens is 1. The lowest BCUT2D eigenvalue weighted by atomic mass is 9.69. The first-order valence-electron chi connectivity index (χ1n) is 9.49. The molecule has 3 aliphatic carbocycles. The summed E-state index contributed by atoms with van der Waals surface area (Å²) in [6.07, 6.45) is 3.61. The molecule has 4 aliphatic rings. The summed E-state index contributed by atoms with van der Waals surface area (Å²) < 4.78 is 27.3. The number of nitrogens with zero attached hydrogens (tertiary/aromatic N) is 1. The SMILES string of the molecule is CC1(C)C2CCC13CS(=O)(=O)N(C(=O)[C@@H]1C[C@H]1c1ccc(Cl)cc1)C3C2. The van der Waals surface area contributed by atoms with Crippen molar-refractivity contribution in [2.45, 2.75) is 51.5 Å². The second-order valence-corrected chi connectivity index (χ2v) is 11.5. The van der Waals surface area contributed by atoms with Crippen LogP contribution in [0.2, 0.25) is 5.02 Å². The first-order valence-corrected chi connectivity index (χ1v) is 11.5. The van der Waals surface area contributed by atoms with Crippen molar-refractivity contribution >= 4 is 27.5 Å². The molecule has 0 radical (unpaired) electrons. The molecular weight excluding hydrogens is 370 g/mol. The van der Waals surface area contributed by atoms with Crippen LogP contribution in [0.3, 0.4) is 0 Å². The van der Waals surface area contributed by atoms with Crippen LogP contribution in [0.25, 0.3) is 0 Å². The number of benzene rings is 1. The van der Waals surface area contributed by atoms with Crippen LogP contribution in [0.5, 0.6) is 0 Å². The summed E-state index contributed by atoms with van der Waals surface area (Å²) in [5.74, 6) is 0.430. The van der Waals surface area contributed by atoms with Crippen molar-refractivity contribution in [2.24, 2.45) is 22.7 Å². The summed E-state index contributed by atoms with van der Waals surface area (Å²) in [5, 5.41) is 0.672. The van der Waals surface area contributed by atoms with E-state index in [-0.39, 0.29) is 40.4 Å². The lowest BCUT2D eigenvalue weighted by Crippen LogP contribution is -2.44. The summed E-state index contributed by atoms with van der Waals surface area (Å²) >= 11 is 5.95. The molecule has 3 saturated carbocycles. The van der Waals surface area contributed by atoms with Gasteiger partial charge < -0.3 is 0 Å². The Balaban J connectivity index is 1.44. The first-order chi connectivity index (χ1) is 12.2. The van der Waals surface area contributed by atoms with Gasteiger partial charge in [-0.15, -0.1) is 0 Å². The lowest BCUT2D eigenvalue weighted by molar-refractivity contribution is -0.130. The molecule has 5 atom stereocenters. The molecule has 6 heteroatoms. The second-order valence-electron chi connectivity index (χ2n) is 9.26. The highest BCUT2D eigenvalue weighted by Crippen LogP contribution is 2.70. The number of sulfonamides is 1. The van der Waals surface area contributed by atoms with Crippen LogP contribution in [0.4, 0.5) is 0 Å². The van der Waals surface area contributed by atoms with Gasteiger partial charge in [-0.05, 0) is 60.6 Å². The molecular formula is C20H24ClNO3S. The van der Waals surface area contributed by atoms with Gasteiger partial charge in [-0.1, -0.05) is 37.6 Å². The molecule has 3 unspecified atom stereocenters. The Morgan fingerprint density at radius 1 is 1.19 bits per heavy atom. The number of fused-ring (bicyclic) bond motifs is 1. The average Bonchev–Trinajstić information content (AvgIpc) is 3.22. The standard InChI is InChI=1S/C20H24ClNO3S/c1-19(2)13-7-8-20(19)11-26(24,25)22(17(20)9-13)18(23)16-10-15(16)12-3-5-14(21)6-4-12/h3-6,13,15-17H,7-11H2,1-2H3/t13?,15-,16+,17?,20?/m0/s1. The minimum Gasteiger partial charge on any atom is -0.273 e. The maximum Gasteiger partial charge on any atom is 0.240 e. The molecule has 140 valence electrons. The van der Waals surface area contributed by atoms with Gasteiger partial charge in [0.15, 0.2) is 0 Å². The number of carbonyl (C=O) groups is 1. The van der Waals surface area contributed by atoms with Gasteiger partial charge in [-0.2, -0.15) is 0 Å². The number of rotatable bonds is 2. The highest BCUT2D eigenvalue weighted by Gasteiger charge is 2.73. The van der Waals surface area contributed by atoms with E-state index in [0.717, 1.165) is 31.2 Å². The molecule has 1 heterocycles. The molecule has 4 nitrogen and oxygen atoms in total. The molecule has 0 aromatic heterocycles. The fourth-order valence-corrected chi connectivity index (χ4v) is 9.00. The van der Waals surface area contributed by atoms with Gasteiger partial charge in [0.05, 0.1) is 11.8 Å². The smallest absolute Gasteiger partial charge is 0.240 e. The summed E-state index contributed by atoms with van der Waals surface area (Å²) in [6, 6.07) is 7.43. The van der Waals surface area contributed by atoms with Crippen LogP contribution in [-0.2, 0) is 14.8 Å². The molecule has 26 heavy (non-hydrogen) atoms. The van der Waals surface area contributed by atoms with E-state index in [1.54, 1.807) is 0 Å². The molecule has 5 rings (SSSR count).